The molecule has 4 rings (SSSR count). The van der Waals surface area contributed by atoms with E-state index in [1.807, 2.05) is 58.7 Å². The maximum Gasteiger partial charge on any atom is 0.233 e. The summed E-state index contributed by atoms with van der Waals surface area (Å²) in [5, 5.41) is 8.98. The molecule has 1 amide bonds. The van der Waals surface area contributed by atoms with Gasteiger partial charge in [-0.25, -0.2) is 0 Å². The summed E-state index contributed by atoms with van der Waals surface area (Å²) in [4.78, 5) is 14.5. The van der Waals surface area contributed by atoms with Crippen LogP contribution in [0.5, 0.6) is 0 Å². The molecule has 0 radical (unpaired) electrons. The molecule has 3 aromatic heterocycles. The van der Waals surface area contributed by atoms with E-state index < -0.39 is 0 Å². The van der Waals surface area contributed by atoms with E-state index in [-0.39, 0.29) is 5.91 Å². The Morgan fingerprint density at radius 1 is 1.23 bits per heavy atom. The number of aromatic nitrogens is 3. The minimum atomic E-state index is 0.0837. The fraction of sp³-hybridized carbons (Fsp3) is 0.211. The Morgan fingerprint density at radius 3 is 2.88 bits per heavy atom. The molecule has 26 heavy (non-hydrogen) atoms. The monoisotopic (exact) mass is 366 g/mol. The highest BCUT2D eigenvalue weighted by atomic mass is 32.2. The summed E-state index contributed by atoms with van der Waals surface area (Å²) >= 11 is 1.40. The Morgan fingerprint density at radius 2 is 2.08 bits per heavy atom. The van der Waals surface area contributed by atoms with E-state index in [2.05, 4.69) is 10.2 Å². The molecule has 0 N–H and O–H groups in total. The van der Waals surface area contributed by atoms with Crippen LogP contribution in [0.15, 0.2) is 64.5 Å². The maximum atomic E-state index is 12.6. The lowest BCUT2D eigenvalue weighted by Gasteiger charge is -2.20. The zero-order valence-electron chi connectivity index (χ0n) is 14.3. The quantitative estimate of drug-likeness (QED) is 0.488. The molecule has 0 aliphatic carbocycles. The lowest BCUT2D eigenvalue weighted by atomic mass is 10.2. The van der Waals surface area contributed by atoms with Crippen molar-refractivity contribution in [3.63, 3.8) is 0 Å². The third-order valence-electron chi connectivity index (χ3n) is 4.28. The van der Waals surface area contributed by atoms with Crippen molar-refractivity contribution in [2.75, 3.05) is 12.3 Å². The zero-order valence-corrected chi connectivity index (χ0v) is 15.1. The molecule has 0 spiro atoms. The average molecular weight is 366 g/mol. The summed E-state index contributed by atoms with van der Waals surface area (Å²) in [6.07, 6.45) is 3.31. The van der Waals surface area contributed by atoms with Gasteiger partial charge in [0.05, 0.1) is 23.0 Å². The van der Waals surface area contributed by atoms with Gasteiger partial charge in [-0.15, -0.1) is 10.2 Å². The summed E-state index contributed by atoms with van der Waals surface area (Å²) in [6, 6.07) is 13.8. The van der Waals surface area contributed by atoms with E-state index >= 15 is 0 Å². The Kier molecular flexibility index (Phi) is 4.62. The second-order valence-electron chi connectivity index (χ2n) is 5.89. The van der Waals surface area contributed by atoms with Gasteiger partial charge >= 0.3 is 0 Å². The average Bonchev–Trinajstić information content (AvgIpc) is 3.26. The molecule has 0 saturated carbocycles. The molecule has 7 heteroatoms. The number of hydrogen-bond donors (Lipinski definition) is 0. The Bertz CT molecular complexity index is 1040. The highest BCUT2D eigenvalue weighted by Gasteiger charge is 2.16. The predicted molar refractivity (Wildman–Crippen MR) is 101 cm³/mol. The van der Waals surface area contributed by atoms with Crippen LogP contribution in [0.3, 0.4) is 0 Å². The van der Waals surface area contributed by atoms with Gasteiger partial charge in [-0.05, 0) is 12.5 Å². The van der Waals surface area contributed by atoms with Crippen molar-refractivity contribution >= 4 is 34.3 Å². The lowest BCUT2D eigenvalue weighted by molar-refractivity contribution is -0.128. The summed E-state index contributed by atoms with van der Waals surface area (Å²) < 4.78 is 7.38. The first kappa shape index (κ1) is 16.7. The molecule has 132 valence electrons. The van der Waals surface area contributed by atoms with Gasteiger partial charge in [0.2, 0.25) is 5.91 Å². The van der Waals surface area contributed by atoms with Crippen LogP contribution < -0.4 is 0 Å². The Balaban J connectivity index is 1.49. The number of nitrogens with zero attached hydrogens (tertiary/aromatic N) is 4. The van der Waals surface area contributed by atoms with E-state index in [1.54, 1.807) is 12.6 Å². The van der Waals surface area contributed by atoms with Gasteiger partial charge in [-0.3, -0.25) is 9.20 Å². The van der Waals surface area contributed by atoms with Gasteiger partial charge in [0, 0.05) is 25.2 Å². The summed E-state index contributed by atoms with van der Waals surface area (Å²) in [5.74, 6) is 0.405. The van der Waals surface area contributed by atoms with Gasteiger partial charge in [0.1, 0.15) is 11.4 Å². The van der Waals surface area contributed by atoms with Gasteiger partial charge in [-0.1, -0.05) is 42.1 Å². The number of benzene rings is 1. The summed E-state index contributed by atoms with van der Waals surface area (Å²) in [5.41, 5.74) is 3.76. The Labute approximate surface area is 154 Å². The van der Waals surface area contributed by atoms with E-state index in [0.717, 1.165) is 27.2 Å². The topological polar surface area (TPSA) is 63.6 Å². The molecule has 0 aliphatic rings. The van der Waals surface area contributed by atoms with Crippen molar-refractivity contribution in [1.82, 2.24) is 19.5 Å². The van der Waals surface area contributed by atoms with Crippen LogP contribution in [0.4, 0.5) is 0 Å². The molecule has 0 bridgehead atoms. The largest absolute Gasteiger partial charge is 0.463 e. The van der Waals surface area contributed by atoms with Gasteiger partial charge < -0.3 is 9.32 Å². The van der Waals surface area contributed by atoms with Crippen molar-refractivity contribution in [2.45, 2.75) is 18.5 Å². The number of fused-ring (bicyclic) bond motifs is 3. The molecule has 0 aliphatic heterocycles. The van der Waals surface area contributed by atoms with Crippen LogP contribution in [-0.2, 0) is 11.3 Å². The first-order valence-electron chi connectivity index (χ1n) is 8.40. The molecule has 0 unspecified atom stereocenters. The fourth-order valence-electron chi connectivity index (χ4n) is 2.92. The number of carbonyl (C=O) groups is 1. The number of hydrogen-bond acceptors (Lipinski definition) is 5. The fourth-order valence-corrected chi connectivity index (χ4v) is 3.77. The van der Waals surface area contributed by atoms with Crippen molar-refractivity contribution in [1.29, 1.82) is 0 Å². The second-order valence-corrected chi connectivity index (χ2v) is 6.85. The smallest absolute Gasteiger partial charge is 0.233 e. The van der Waals surface area contributed by atoms with Gasteiger partial charge in [-0.2, -0.15) is 0 Å². The first-order chi connectivity index (χ1) is 12.8. The molecule has 0 fully saturated rings. The summed E-state index contributed by atoms with van der Waals surface area (Å²) in [6.45, 7) is 3.28. The normalized spacial score (nSPS) is 11.3. The maximum absolute atomic E-state index is 12.6. The molecule has 3 heterocycles. The number of carbonyl (C=O) groups excluding carboxylic acids is 1. The van der Waals surface area contributed by atoms with Crippen molar-refractivity contribution in [3.8, 4) is 0 Å². The predicted octanol–water partition coefficient (Wildman–Crippen LogP) is 3.62. The van der Waals surface area contributed by atoms with Crippen LogP contribution in [0.2, 0.25) is 0 Å². The van der Waals surface area contributed by atoms with Crippen LogP contribution in [0.1, 0.15) is 12.5 Å². The van der Waals surface area contributed by atoms with E-state index in [1.165, 1.54) is 11.8 Å². The molecule has 4 aromatic rings. The van der Waals surface area contributed by atoms with E-state index in [9.17, 15) is 4.79 Å². The third-order valence-corrected chi connectivity index (χ3v) is 5.23. The summed E-state index contributed by atoms with van der Waals surface area (Å²) in [7, 11) is 0. The van der Waals surface area contributed by atoms with E-state index in [4.69, 9.17) is 4.42 Å². The van der Waals surface area contributed by atoms with Crippen LogP contribution in [-0.4, -0.2) is 37.7 Å². The van der Waals surface area contributed by atoms with Gasteiger partial charge in [0.15, 0.2) is 5.58 Å². The van der Waals surface area contributed by atoms with Crippen LogP contribution in [0.25, 0.3) is 16.6 Å². The Hall–Kier alpha value is -2.80. The van der Waals surface area contributed by atoms with Crippen LogP contribution >= 0.6 is 11.8 Å². The van der Waals surface area contributed by atoms with Crippen molar-refractivity contribution in [3.05, 3.63) is 60.6 Å². The molecule has 0 atom stereocenters. The first-order valence-corrected chi connectivity index (χ1v) is 9.39. The highest BCUT2D eigenvalue weighted by molar-refractivity contribution is 8.00. The molecule has 0 saturated heterocycles. The minimum absolute atomic E-state index is 0.0837. The lowest BCUT2D eigenvalue weighted by Crippen LogP contribution is -2.31. The zero-order chi connectivity index (χ0) is 17.9. The molecular formula is C19H18N4O2S. The minimum Gasteiger partial charge on any atom is -0.463 e. The number of furan rings is 1. The number of rotatable bonds is 6. The van der Waals surface area contributed by atoms with Gasteiger partial charge in [0.25, 0.3) is 0 Å². The number of thioether (sulfide) groups is 1. The standard InChI is InChI=1S/C19H18N4O2S/c1-2-22(11-14-6-4-3-5-7-14)18(24)12-26-19-16-10-17-15(8-9-25-17)23(16)13-20-21-19/h3-10,13H,2,11-12H2,1H3. The van der Waals surface area contributed by atoms with Crippen molar-refractivity contribution < 1.29 is 9.21 Å². The number of amides is 1. The SMILES string of the molecule is CCN(Cc1ccccc1)C(=O)CSc1nncn2c1cc1occc12. The molecule has 1 aromatic carbocycles. The van der Waals surface area contributed by atoms with Crippen molar-refractivity contribution in [2.24, 2.45) is 0 Å². The third kappa shape index (κ3) is 3.17. The van der Waals surface area contributed by atoms with Crippen LogP contribution in [0, 0.1) is 0 Å². The van der Waals surface area contributed by atoms with E-state index in [0.29, 0.717) is 18.8 Å². The second kappa shape index (κ2) is 7.21. The highest BCUT2D eigenvalue weighted by Crippen LogP contribution is 2.27. The molecular weight excluding hydrogens is 348 g/mol. The molecule has 6 nitrogen and oxygen atoms in total.